The van der Waals surface area contributed by atoms with Crippen LogP contribution < -0.4 is 10.5 Å². The number of hydrogen-bond acceptors (Lipinski definition) is 6. The highest BCUT2D eigenvalue weighted by molar-refractivity contribution is 7.93. The minimum absolute atomic E-state index is 0.00418. The average molecular weight is 670 g/mol. The summed E-state index contributed by atoms with van der Waals surface area (Å²) in [6.07, 6.45) is -3.33. The molecule has 2 atom stereocenters. The third-order valence-electron chi connectivity index (χ3n) is 7.52. The maximum Gasteiger partial charge on any atom is 0.305 e. The summed E-state index contributed by atoms with van der Waals surface area (Å²) >= 11 is 0. The van der Waals surface area contributed by atoms with Gasteiger partial charge in [-0.1, -0.05) is 38.1 Å². The van der Waals surface area contributed by atoms with Crippen molar-refractivity contribution in [2.75, 3.05) is 4.72 Å². The molecule has 0 unspecified atom stereocenters. The Hall–Kier alpha value is -4.59. The molecule has 0 aliphatic rings. The number of aliphatic hydroxyl groups is 2. The number of aliphatic carboxylic acids is 1. The van der Waals surface area contributed by atoms with E-state index in [-0.39, 0.29) is 42.0 Å². The van der Waals surface area contributed by atoms with Gasteiger partial charge in [-0.3, -0.25) is 14.3 Å². The van der Waals surface area contributed by atoms with Crippen LogP contribution in [-0.4, -0.2) is 52.4 Å². The Balaban J connectivity index is 1.96. The molecule has 1 heterocycles. The topological polar surface area (TPSA) is 172 Å². The van der Waals surface area contributed by atoms with Gasteiger partial charge in [0.1, 0.15) is 16.5 Å². The van der Waals surface area contributed by atoms with Crippen molar-refractivity contribution in [3.05, 3.63) is 95.7 Å². The molecule has 10 nitrogen and oxygen atoms in total. The minimum atomic E-state index is -4.43. The zero-order chi connectivity index (χ0) is 34.5. The van der Waals surface area contributed by atoms with Crippen molar-refractivity contribution >= 4 is 27.6 Å². The fourth-order valence-electron chi connectivity index (χ4n) is 5.63. The molecule has 1 aromatic heterocycles. The molecule has 0 saturated carbocycles. The predicted octanol–water partition coefficient (Wildman–Crippen LogP) is 5.03. The van der Waals surface area contributed by atoms with Crippen LogP contribution in [0.25, 0.3) is 22.4 Å². The second kappa shape index (κ2) is 14.9. The summed E-state index contributed by atoms with van der Waals surface area (Å²) in [6.45, 7) is 3.60. The van der Waals surface area contributed by atoms with Gasteiger partial charge in [0.2, 0.25) is 5.91 Å². The monoisotopic (exact) mass is 669 g/mol. The third kappa shape index (κ3) is 8.82. The van der Waals surface area contributed by atoms with Gasteiger partial charge in [0, 0.05) is 23.5 Å². The van der Waals surface area contributed by atoms with Gasteiger partial charge in [-0.25, -0.2) is 17.2 Å². The Morgan fingerprint density at radius 1 is 0.915 bits per heavy atom. The molecular weight excluding hydrogens is 632 g/mol. The molecule has 13 heteroatoms. The first-order valence-electron chi connectivity index (χ1n) is 14.9. The van der Waals surface area contributed by atoms with E-state index in [9.17, 15) is 37.0 Å². The van der Waals surface area contributed by atoms with E-state index in [0.29, 0.717) is 28.1 Å². The lowest BCUT2D eigenvalue weighted by Crippen LogP contribution is -2.22. The van der Waals surface area contributed by atoms with E-state index in [2.05, 4.69) is 4.72 Å². The highest BCUT2D eigenvalue weighted by atomic mass is 32.2. The molecule has 47 heavy (non-hydrogen) atoms. The summed E-state index contributed by atoms with van der Waals surface area (Å²) in [7, 11) is -4.43. The molecule has 0 fully saturated rings. The number of primary amides is 1. The van der Waals surface area contributed by atoms with Gasteiger partial charge in [0.15, 0.2) is 0 Å². The summed E-state index contributed by atoms with van der Waals surface area (Å²) in [4.78, 5) is 22.4. The summed E-state index contributed by atoms with van der Waals surface area (Å²) in [6, 6.07) is 16.9. The summed E-state index contributed by atoms with van der Waals surface area (Å²) < 4.78 is 61.5. The van der Waals surface area contributed by atoms with Crippen LogP contribution in [0.5, 0.6) is 0 Å². The summed E-state index contributed by atoms with van der Waals surface area (Å²) in [5.74, 6) is -3.32. The van der Waals surface area contributed by atoms with Crippen LogP contribution in [0.15, 0.2) is 77.7 Å². The van der Waals surface area contributed by atoms with E-state index >= 15 is 0 Å². The van der Waals surface area contributed by atoms with Crippen molar-refractivity contribution in [1.82, 2.24) is 4.57 Å². The summed E-state index contributed by atoms with van der Waals surface area (Å²) in [5.41, 5.74) is 7.70. The highest BCUT2D eigenvalue weighted by Crippen LogP contribution is 2.45. The lowest BCUT2D eigenvalue weighted by molar-refractivity contribution is -0.139. The number of benzene rings is 3. The Labute approximate surface area is 271 Å². The number of sulfonamides is 1. The molecule has 0 aliphatic heterocycles. The molecule has 0 aliphatic carbocycles. The second-order valence-corrected chi connectivity index (χ2v) is 13.3. The Bertz CT molecular complexity index is 1840. The smallest absolute Gasteiger partial charge is 0.305 e. The molecule has 6 N–H and O–H groups in total. The van der Waals surface area contributed by atoms with Crippen molar-refractivity contribution in [2.24, 2.45) is 5.73 Å². The van der Waals surface area contributed by atoms with Gasteiger partial charge in [0.05, 0.1) is 30.7 Å². The van der Waals surface area contributed by atoms with E-state index in [0.717, 1.165) is 0 Å². The first kappa shape index (κ1) is 35.3. The Morgan fingerprint density at radius 3 is 2.06 bits per heavy atom. The van der Waals surface area contributed by atoms with Crippen LogP contribution in [0.1, 0.15) is 50.3 Å². The molecule has 0 radical (unpaired) electrons. The number of nitrogens with two attached hydrogens (primary N) is 1. The maximum absolute atomic E-state index is 14.5. The number of nitrogens with zero attached hydrogens (tertiary/aromatic N) is 1. The number of hydrogen-bond donors (Lipinski definition) is 5. The lowest BCUT2D eigenvalue weighted by Gasteiger charge is -2.20. The zero-order valence-electron chi connectivity index (χ0n) is 25.9. The first-order chi connectivity index (χ1) is 22.2. The van der Waals surface area contributed by atoms with Crippen LogP contribution in [0.3, 0.4) is 0 Å². The number of carbonyl (C=O) groups is 2. The second-order valence-electron chi connectivity index (χ2n) is 11.6. The standard InChI is InChI=1S/C34H37F2N3O7S/c1-20(2)32-34(47(45,46)38-26-5-3-4-21(16-26)17-29(37)42)31(22-6-10-24(35)11-7-22)33(23-8-12-25(36)13-9-23)39(32)15-14-27(40)18-28(41)19-30(43)44/h3-13,16,20,27-28,38,40-41H,14-15,17-19H2,1-2H3,(H2,37,42)(H,43,44)/t27-,28-/m1/s1. The van der Waals surface area contributed by atoms with Crippen molar-refractivity contribution in [3.63, 3.8) is 0 Å². The fraction of sp³-hybridized carbons (Fsp3) is 0.294. The van der Waals surface area contributed by atoms with Crippen LogP contribution in [-0.2, 0) is 32.6 Å². The summed E-state index contributed by atoms with van der Waals surface area (Å²) in [5, 5.41) is 29.9. The van der Waals surface area contributed by atoms with E-state index in [1.165, 1.54) is 60.7 Å². The minimum Gasteiger partial charge on any atom is -0.481 e. The molecule has 0 bridgehead atoms. The predicted molar refractivity (Wildman–Crippen MR) is 173 cm³/mol. The molecule has 4 rings (SSSR count). The SMILES string of the molecule is CC(C)c1c(S(=O)(=O)Nc2cccc(CC(N)=O)c2)c(-c2ccc(F)cc2)c(-c2ccc(F)cc2)n1CC[C@@H](O)C[C@@H](O)CC(=O)O. The van der Waals surface area contributed by atoms with Crippen molar-refractivity contribution in [1.29, 1.82) is 0 Å². The number of carboxylic acids is 1. The van der Waals surface area contributed by atoms with E-state index in [4.69, 9.17) is 10.8 Å². The van der Waals surface area contributed by atoms with Crippen LogP contribution in [0.4, 0.5) is 14.5 Å². The number of carbonyl (C=O) groups excluding carboxylic acids is 1. The lowest BCUT2D eigenvalue weighted by atomic mass is 10.00. The van der Waals surface area contributed by atoms with Crippen LogP contribution in [0.2, 0.25) is 0 Å². The number of halogens is 2. The molecule has 1 amide bonds. The van der Waals surface area contributed by atoms with Gasteiger partial charge < -0.3 is 25.6 Å². The maximum atomic E-state index is 14.5. The highest BCUT2D eigenvalue weighted by Gasteiger charge is 2.34. The quantitative estimate of drug-likeness (QED) is 0.118. The van der Waals surface area contributed by atoms with Gasteiger partial charge in [0.25, 0.3) is 10.0 Å². The molecular formula is C34H37F2N3O7S. The Morgan fingerprint density at radius 2 is 1.51 bits per heavy atom. The van der Waals surface area contributed by atoms with Gasteiger partial charge in [-0.15, -0.1) is 0 Å². The number of amides is 1. The van der Waals surface area contributed by atoms with E-state index in [1.54, 1.807) is 30.5 Å². The van der Waals surface area contributed by atoms with Gasteiger partial charge >= 0.3 is 5.97 Å². The van der Waals surface area contributed by atoms with Crippen molar-refractivity contribution in [2.45, 2.75) is 69.1 Å². The van der Waals surface area contributed by atoms with Crippen molar-refractivity contribution < 1.29 is 42.1 Å². The Kier molecular flexibility index (Phi) is 11.2. The van der Waals surface area contributed by atoms with Crippen LogP contribution in [0, 0.1) is 11.6 Å². The van der Waals surface area contributed by atoms with Crippen molar-refractivity contribution in [3.8, 4) is 22.4 Å². The number of rotatable bonds is 15. The van der Waals surface area contributed by atoms with Gasteiger partial charge in [-0.05, 0) is 84.0 Å². The number of aliphatic hydroxyl groups excluding tert-OH is 2. The number of anilines is 1. The molecule has 3 aromatic carbocycles. The molecule has 4 aromatic rings. The van der Waals surface area contributed by atoms with E-state index in [1.807, 2.05) is 0 Å². The van der Waals surface area contributed by atoms with Gasteiger partial charge in [-0.2, -0.15) is 0 Å². The van der Waals surface area contributed by atoms with E-state index < -0.39 is 58.1 Å². The normalized spacial score (nSPS) is 13.0. The number of aromatic nitrogens is 1. The first-order valence-corrected chi connectivity index (χ1v) is 16.4. The third-order valence-corrected chi connectivity index (χ3v) is 8.98. The average Bonchev–Trinajstić information content (AvgIpc) is 3.32. The molecule has 250 valence electrons. The largest absolute Gasteiger partial charge is 0.481 e. The zero-order valence-corrected chi connectivity index (χ0v) is 26.7. The molecule has 0 spiro atoms. The molecule has 0 saturated heterocycles. The number of carboxylic acid groups (broad SMARTS) is 1. The number of nitrogens with one attached hydrogen (secondary N) is 1. The van der Waals surface area contributed by atoms with Crippen LogP contribution >= 0.6 is 0 Å². The fourth-order valence-corrected chi connectivity index (χ4v) is 7.27.